The molecule has 5 unspecified atom stereocenters. The molecular weight excluding hydrogens is 418 g/mol. The van der Waals surface area contributed by atoms with Crippen LogP contribution in [-0.2, 0) is 13.8 Å². The minimum absolute atomic E-state index is 0.208. The Morgan fingerprint density at radius 3 is 2.77 bits per heavy atom. The summed E-state index contributed by atoms with van der Waals surface area (Å²) in [6, 6.07) is 11.5. The molecule has 0 aliphatic carbocycles. The molecule has 12 heteroatoms. The van der Waals surface area contributed by atoms with E-state index in [1.54, 1.807) is 42.5 Å². The zero-order valence-corrected chi connectivity index (χ0v) is 16.4. The number of nitrogen functional groups attached to an aromatic ring is 1. The Bertz CT molecular complexity index is 1050. The lowest BCUT2D eigenvalue weighted by Gasteiger charge is -2.26. The molecule has 4 rings (SSSR count). The van der Waals surface area contributed by atoms with Crippen molar-refractivity contribution in [3.63, 3.8) is 0 Å². The highest BCUT2D eigenvalue weighted by molar-refractivity contribution is 7.33. The van der Waals surface area contributed by atoms with Crippen LogP contribution in [0.1, 0.15) is 11.8 Å². The number of aromatic nitrogens is 3. The lowest BCUT2D eigenvalue weighted by atomic mass is 9.96. The number of nitrogens with two attached hydrogens (primary N) is 1. The van der Waals surface area contributed by atoms with Gasteiger partial charge in [0.05, 0.1) is 5.69 Å². The number of hydrogen-bond acceptors (Lipinski definition) is 9. The van der Waals surface area contributed by atoms with Crippen molar-refractivity contribution in [1.82, 2.24) is 14.6 Å². The number of halogens is 1. The van der Waals surface area contributed by atoms with Gasteiger partial charge in [-0.25, -0.2) is 18.4 Å². The Labute approximate surface area is 171 Å². The fourth-order valence-corrected chi connectivity index (χ4v) is 3.99. The van der Waals surface area contributed by atoms with E-state index >= 15 is 0 Å². The first-order chi connectivity index (χ1) is 14.4. The topological polar surface area (TPSA) is 141 Å². The van der Waals surface area contributed by atoms with Crippen molar-refractivity contribution in [2.45, 2.75) is 23.9 Å². The Kier molecular flexibility index (Phi) is 5.63. The van der Waals surface area contributed by atoms with Gasteiger partial charge in [0.15, 0.2) is 17.2 Å². The minimum atomic E-state index is -2.67. The van der Waals surface area contributed by atoms with E-state index < -0.39 is 45.4 Å². The van der Waals surface area contributed by atoms with E-state index in [-0.39, 0.29) is 5.82 Å². The van der Waals surface area contributed by atoms with E-state index in [0.29, 0.717) is 17.0 Å². The summed E-state index contributed by atoms with van der Waals surface area (Å²) in [6.07, 6.45) is -3.06. The van der Waals surface area contributed by atoms with Crippen LogP contribution in [-0.4, -0.2) is 55.9 Å². The minimum Gasteiger partial charge on any atom is -0.387 e. The quantitative estimate of drug-likeness (QED) is 0.470. The van der Waals surface area contributed by atoms with Crippen LogP contribution >= 0.6 is 8.25 Å². The number of hydrogen-bond donors (Lipinski definition) is 3. The van der Waals surface area contributed by atoms with Gasteiger partial charge in [-0.3, -0.25) is 0 Å². The Balaban J connectivity index is 1.52. The molecule has 10 nitrogen and oxygen atoms in total. The molecule has 158 valence electrons. The first-order valence-corrected chi connectivity index (χ1v) is 10.1. The molecule has 2 aromatic heterocycles. The molecule has 0 radical (unpaired) electrons. The largest absolute Gasteiger partial charge is 0.750 e. The smallest absolute Gasteiger partial charge is 0.387 e. The highest BCUT2D eigenvalue weighted by Gasteiger charge is 2.57. The summed E-state index contributed by atoms with van der Waals surface area (Å²) < 4.78 is 43.4. The first kappa shape index (κ1) is 20.6. The standard InChI is InChI=1S/C18H19FN4O6P/c19-8-18(9-27-30(26)29-11-4-2-1-3-5-11)16(25)14(24)15(28-18)12-6-7-13-17(20)21-10-22-23(12)13/h1-7,10,14-16,24-25H,8-9H2,(H2,20,21,22)/q+1. The van der Waals surface area contributed by atoms with Gasteiger partial charge in [0.1, 0.15) is 43.4 Å². The van der Waals surface area contributed by atoms with E-state index in [0.717, 1.165) is 0 Å². The van der Waals surface area contributed by atoms with Crippen molar-refractivity contribution in [1.29, 1.82) is 0 Å². The fraction of sp³-hybridized carbons (Fsp3) is 0.333. The molecule has 1 fully saturated rings. The van der Waals surface area contributed by atoms with Gasteiger partial charge in [0.25, 0.3) is 0 Å². The average Bonchev–Trinajstić information content (AvgIpc) is 3.29. The van der Waals surface area contributed by atoms with Crippen molar-refractivity contribution in [2.75, 3.05) is 19.0 Å². The predicted molar refractivity (Wildman–Crippen MR) is 103 cm³/mol. The second-order valence-electron chi connectivity index (χ2n) is 6.77. The van der Waals surface area contributed by atoms with Crippen LogP contribution < -0.4 is 10.3 Å². The number of para-hydroxylation sites is 1. The summed E-state index contributed by atoms with van der Waals surface area (Å²) in [5.74, 6) is 0.509. The number of ether oxygens (including phenoxy) is 1. The van der Waals surface area contributed by atoms with Gasteiger partial charge in [-0.15, -0.1) is 4.52 Å². The van der Waals surface area contributed by atoms with Crippen molar-refractivity contribution in [2.24, 2.45) is 0 Å². The van der Waals surface area contributed by atoms with E-state index in [2.05, 4.69) is 10.1 Å². The molecule has 3 heterocycles. The van der Waals surface area contributed by atoms with Gasteiger partial charge in [-0.1, -0.05) is 18.2 Å². The van der Waals surface area contributed by atoms with Crippen LogP contribution in [0.15, 0.2) is 48.8 Å². The summed E-state index contributed by atoms with van der Waals surface area (Å²) in [6.45, 7) is -1.81. The van der Waals surface area contributed by atoms with Crippen molar-refractivity contribution < 1.29 is 33.0 Å². The predicted octanol–water partition coefficient (Wildman–Crippen LogP) is 1.57. The van der Waals surface area contributed by atoms with Crippen molar-refractivity contribution in [3.8, 4) is 5.75 Å². The van der Waals surface area contributed by atoms with Crippen LogP contribution in [0.4, 0.5) is 10.2 Å². The number of anilines is 1. The Morgan fingerprint density at radius 2 is 2.03 bits per heavy atom. The maximum absolute atomic E-state index is 14.0. The number of nitrogens with zero attached hydrogens (tertiary/aromatic N) is 3. The number of rotatable bonds is 7. The number of benzene rings is 1. The molecule has 0 saturated carbocycles. The molecule has 0 bridgehead atoms. The zero-order chi connectivity index (χ0) is 21.3. The van der Waals surface area contributed by atoms with E-state index in [1.807, 2.05) is 0 Å². The molecular formula is C18H19FN4O6P+. The highest BCUT2D eigenvalue weighted by atomic mass is 31.1. The number of aliphatic hydroxyl groups excluding tert-OH is 2. The van der Waals surface area contributed by atoms with Crippen LogP contribution in [0.2, 0.25) is 0 Å². The summed E-state index contributed by atoms with van der Waals surface area (Å²) in [7, 11) is -2.67. The maximum atomic E-state index is 14.0. The number of fused-ring (bicyclic) bond motifs is 1. The van der Waals surface area contributed by atoms with Crippen LogP contribution in [0.3, 0.4) is 0 Å². The summed E-state index contributed by atoms with van der Waals surface area (Å²) >= 11 is 0. The monoisotopic (exact) mass is 437 g/mol. The Morgan fingerprint density at radius 1 is 1.27 bits per heavy atom. The van der Waals surface area contributed by atoms with E-state index in [1.165, 1.54) is 10.8 Å². The fourth-order valence-electron chi connectivity index (χ4n) is 3.32. The SMILES string of the molecule is Nc1ncnn2c(C3OC(CF)(CO[P+](=O)Oc4ccccc4)C(O)C3O)ccc12. The molecule has 3 aromatic rings. The lowest BCUT2D eigenvalue weighted by Crippen LogP contribution is -2.48. The third-order valence-corrected chi connectivity index (χ3v) is 5.60. The number of aliphatic hydroxyl groups is 2. The molecule has 0 amide bonds. The van der Waals surface area contributed by atoms with E-state index in [4.69, 9.17) is 19.5 Å². The molecule has 5 atom stereocenters. The summed E-state index contributed by atoms with van der Waals surface area (Å²) in [5, 5.41) is 25.1. The van der Waals surface area contributed by atoms with Gasteiger partial charge in [0, 0.05) is 4.57 Å². The molecule has 0 spiro atoms. The normalized spacial score (nSPS) is 26.8. The molecule has 1 aliphatic rings. The third-order valence-electron chi connectivity index (χ3n) is 4.90. The first-order valence-electron chi connectivity index (χ1n) is 8.96. The molecule has 1 aliphatic heterocycles. The third kappa shape index (κ3) is 3.62. The number of alkyl halides is 1. The zero-order valence-electron chi connectivity index (χ0n) is 15.5. The molecule has 1 aromatic carbocycles. The summed E-state index contributed by atoms with van der Waals surface area (Å²) in [5.41, 5.74) is 4.66. The second-order valence-corrected chi connectivity index (χ2v) is 7.66. The van der Waals surface area contributed by atoms with Gasteiger partial charge >= 0.3 is 8.25 Å². The molecule has 4 N–H and O–H groups in total. The van der Waals surface area contributed by atoms with Crippen LogP contribution in [0.25, 0.3) is 5.52 Å². The highest BCUT2D eigenvalue weighted by Crippen LogP contribution is 2.42. The Hall–Kier alpha value is -2.69. The molecule has 1 saturated heterocycles. The van der Waals surface area contributed by atoms with Crippen LogP contribution in [0, 0.1) is 0 Å². The average molecular weight is 437 g/mol. The van der Waals surface area contributed by atoms with Gasteiger partial charge in [-0.05, 0) is 24.3 Å². The van der Waals surface area contributed by atoms with Crippen LogP contribution in [0.5, 0.6) is 5.75 Å². The van der Waals surface area contributed by atoms with E-state index in [9.17, 15) is 19.2 Å². The second kappa shape index (κ2) is 8.21. The molecule has 30 heavy (non-hydrogen) atoms. The van der Waals surface area contributed by atoms with Gasteiger partial charge in [0.2, 0.25) is 0 Å². The lowest BCUT2D eigenvalue weighted by molar-refractivity contribution is -0.118. The van der Waals surface area contributed by atoms with Crippen molar-refractivity contribution in [3.05, 3.63) is 54.5 Å². The van der Waals surface area contributed by atoms with Gasteiger partial charge < -0.3 is 20.7 Å². The summed E-state index contributed by atoms with van der Waals surface area (Å²) in [4.78, 5) is 3.88. The van der Waals surface area contributed by atoms with Gasteiger partial charge in [-0.2, -0.15) is 5.10 Å². The maximum Gasteiger partial charge on any atom is 0.750 e. The van der Waals surface area contributed by atoms with Crippen molar-refractivity contribution >= 4 is 19.6 Å².